The van der Waals surface area contributed by atoms with Gasteiger partial charge in [0.1, 0.15) is 16.9 Å². The lowest BCUT2D eigenvalue weighted by Gasteiger charge is -2.39. The third-order valence-corrected chi connectivity index (χ3v) is 7.71. The molecule has 1 N–H and O–H groups in total. The summed E-state index contributed by atoms with van der Waals surface area (Å²) in [6.45, 7) is 3.42. The molecule has 1 aliphatic carbocycles. The second-order valence-corrected chi connectivity index (χ2v) is 10.9. The van der Waals surface area contributed by atoms with E-state index in [1.54, 1.807) is 33.1 Å². The third-order valence-electron chi connectivity index (χ3n) is 7.71. The average molecular weight is 567 g/mol. The molecule has 1 atom stereocenters. The van der Waals surface area contributed by atoms with Gasteiger partial charge >= 0.3 is 12.0 Å². The van der Waals surface area contributed by atoms with E-state index >= 15 is 0 Å². The Bertz CT molecular complexity index is 1670. The van der Waals surface area contributed by atoms with E-state index in [0.717, 1.165) is 46.5 Å². The van der Waals surface area contributed by atoms with Crippen LogP contribution in [-0.4, -0.2) is 68.7 Å². The molecule has 2 amide bonds. The molecule has 41 heavy (non-hydrogen) atoms. The average Bonchev–Trinajstić information content (AvgIpc) is 3.60. The smallest absolute Gasteiger partial charge is 0.338 e. The maximum Gasteiger partial charge on any atom is 0.338 e. The normalized spacial score (nSPS) is 17.0. The zero-order valence-electron chi connectivity index (χ0n) is 23.4. The molecule has 4 heterocycles. The number of hydrogen-bond acceptors (Lipinski definition) is 6. The Morgan fingerprint density at radius 2 is 1.93 bits per heavy atom. The summed E-state index contributed by atoms with van der Waals surface area (Å²) in [7, 11) is 3.46. The van der Waals surface area contributed by atoms with E-state index in [-0.39, 0.29) is 6.61 Å². The van der Waals surface area contributed by atoms with Crippen molar-refractivity contribution in [3.8, 4) is 17.3 Å². The summed E-state index contributed by atoms with van der Waals surface area (Å²) < 4.78 is 41.4. The number of nitrogens with one attached hydrogen (secondary N) is 1. The number of hydrogen-bond donors (Lipinski definition) is 1. The summed E-state index contributed by atoms with van der Waals surface area (Å²) in [5.74, 6) is -1.53. The van der Waals surface area contributed by atoms with Crippen LogP contribution >= 0.6 is 0 Å². The van der Waals surface area contributed by atoms with Crippen molar-refractivity contribution in [3.05, 3.63) is 41.6 Å². The molecule has 1 saturated carbocycles. The Labute approximate surface area is 235 Å². The zero-order chi connectivity index (χ0) is 29.1. The standard InChI is InChI=1S/C29H32F2N6O4/c1-5-41-27(38)19-10-21-24(23(12-19)40-4)35(3)26(34-21)22-11-18-8-9-20(33-25(18)37(22)13-17-6-7-17)16(2)32-28(39)36-14-29(30,31)15-36/h8-12,16-17H,5-7,13-15H2,1-4H3,(H,32,39)/t16-/m1/s1. The first-order valence-corrected chi connectivity index (χ1v) is 13.7. The van der Waals surface area contributed by atoms with E-state index in [9.17, 15) is 18.4 Å². The number of imidazole rings is 1. The van der Waals surface area contributed by atoms with E-state index < -0.39 is 37.1 Å². The van der Waals surface area contributed by atoms with Crippen molar-refractivity contribution in [3.63, 3.8) is 0 Å². The fourth-order valence-corrected chi connectivity index (χ4v) is 5.35. The fraction of sp³-hybridized carbons (Fsp3) is 0.448. The number of fused-ring (bicyclic) bond motifs is 2. The molecule has 12 heteroatoms. The first-order chi connectivity index (χ1) is 19.6. The van der Waals surface area contributed by atoms with Gasteiger partial charge in [-0.1, -0.05) is 0 Å². The number of aromatic nitrogens is 4. The molecule has 4 aromatic rings. The number of methoxy groups -OCH3 is 1. The van der Waals surface area contributed by atoms with Crippen LogP contribution in [0.25, 0.3) is 33.6 Å². The number of rotatable bonds is 8. The minimum atomic E-state index is -2.82. The lowest BCUT2D eigenvalue weighted by atomic mass is 10.1. The van der Waals surface area contributed by atoms with Gasteiger partial charge in [-0.3, -0.25) is 0 Å². The number of benzene rings is 1. The van der Waals surface area contributed by atoms with Crippen LogP contribution in [0.1, 0.15) is 48.8 Å². The van der Waals surface area contributed by atoms with Crippen LogP contribution in [0, 0.1) is 5.92 Å². The second kappa shape index (κ2) is 10.0. The van der Waals surface area contributed by atoms with Gasteiger partial charge in [0.15, 0.2) is 5.82 Å². The Hall–Kier alpha value is -4.22. The van der Waals surface area contributed by atoms with E-state index in [0.29, 0.717) is 34.3 Å². The van der Waals surface area contributed by atoms with Crippen LogP contribution in [-0.2, 0) is 18.3 Å². The van der Waals surface area contributed by atoms with Gasteiger partial charge in [-0.25, -0.2) is 28.3 Å². The first kappa shape index (κ1) is 27.0. The van der Waals surface area contributed by atoms with Crippen LogP contribution in [0.2, 0.25) is 0 Å². The molecule has 0 bridgehead atoms. The highest BCUT2D eigenvalue weighted by Crippen LogP contribution is 2.38. The highest BCUT2D eigenvalue weighted by Gasteiger charge is 2.46. The van der Waals surface area contributed by atoms with Gasteiger partial charge in [0, 0.05) is 19.0 Å². The molecular weight excluding hydrogens is 534 g/mol. The molecule has 1 aromatic carbocycles. The Kier molecular flexibility index (Phi) is 6.58. The topological polar surface area (TPSA) is 104 Å². The molecule has 3 aromatic heterocycles. The number of halogens is 2. The van der Waals surface area contributed by atoms with Crippen molar-refractivity contribution in [1.82, 2.24) is 29.3 Å². The number of carbonyl (C=O) groups excluding carboxylic acids is 2. The van der Waals surface area contributed by atoms with E-state index in [1.165, 1.54) is 0 Å². The second-order valence-electron chi connectivity index (χ2n) is 10.9. The third kappa shape index (κ3) is 4.95. The Balaban J connectivity index is 1.39. The molecule has 6 rings (SSSR count). The molecule has 0 spiro atoms. The van der Waals surface area contributed by atoms with Crippen molar-refractivity contribution in [2.45, 2.75) is 45.2 Å². The van der Waals surface area contributed by atoms with E-state index in [1.807, 2.05) is 29.8 Å². The number of ether oxygens (including phenoxy) is 2. The van der Waals surface area contributed by atoms with Gasteiger partial charge in [0.05, 0.1) is 55.3 Å². The van der Waals surface area contributed by atoms with Crippen LogP contribution in [0.4, 0.5) is 13.6 Å². The lowest BCUT2D eigenvalue weighted by molar-refractivity contribution is -0.110. The lowest BCUT2D eigenvalue weighted by Crippen LogP contribution is -2.61. The van der Waals surface area contributed by atoms with Gasteiger partial charge in [-0.2, -0.15) is 0 Å². The van der Waals surface area contributed by atoms with Crippen LogP contribution < -0.4 is 10.1 Å². The number of urea groups is 1. The molecule has 2 fully saturated rings. The van der Waals surface area contributed by atoms with Crippen molar-refractivity contribution >= 4 is 34.1 Å². The van der Waals surface area contributed by atoms with Gasteiger partial charge in [-0.15, -0.1) is 0 Å². The van der Waals surface area contributed by atoms with Crippen molar-refractivity contribution in [2.75, 3.05) is 26.8 Å². The summed E-state index contributed by atoms with van der Waals surface area (Å²) in [5, 5.41) is 3.70. The summed E-state index contributed by atoms with van der Waals surface area (Å²) in [4.78, 5) is 35.9. The largest absolute Gasteiger partial charge is 0.494 e. The van der Waals surface area contributed by atoms with Crippen LogP contribution in [0.15, 0.2) is 30.3 Å². The first-order valence-electron chi connectivity index (χ1n) is 13.7. The van der Waals surface area contributed by atoms with Crippen molar-refractivity contribution in [1.29, 1.82) is 0 Å². The number of alkyl halides is 2. The maximum absolute atomic E-state index is 13.2. The maximum atomic E-state index is 13.2. The van der Waals surface area contributed by atoms with Crippen LogP contribution in [0.3, 0.4) is 0 Å². The summed E-state index contributed by atoms with van der Waals surface area (Å²) in [6.07, 6.45) is 2.26. The van der Waals surface area contributed by atoms with Crippen molar-refractivity contribution < 1.29 is 27.8 Å². The number of carbonyl (C=O) groups is 2. The molecule has 10 nitrogen and oxygen atoms in total. The van der Waals surface area contributed by atoms with E-state index in [4.69, 9.17) is 19.4 Å². The van der Waals surface area contributed by atoms with Gasteiger partial charge in [0.25, 0.3) is 5.92 Å². The van der Waals surface area contributed by atoms with E-state index in [2.05, 4.69) is 9.88 Å². The zero-order valence-corrected chi connectivity index (χ0v) is 23.4. The SMILES string of the molecule is CCOC(=O)c1cc(OC)c2c(c1)nc(-c1cc3ccc([C@@H](C)NC(=O)N4CC(F)(F)C4)nc3n1CC1CC1)n2C. The molecule has 216 valence electrons. The number of nitrogens with zero attached hydrogens (tertiary/aromatic N) is 5. The Morgan fingerprint density at radius 1 is 1.17 bits per heavy atom. The minimum absolute atomic E-state index is 0.263. The highest BCUT2D eigenvalue weighted by atomic mass is 19.3. The summed E-state index contributed by atoms with van der Waals surface area (Å²) in [6, 6.07) is 8.20. The number of aryl methyl sites for hydroxylation is 1. The molecular formula is C29H32F2N6O4. The van der Waals surface area contributed by atoms with Gasteiger partial charge in [0.2, 0.25) is 0 Å². The highest BCUT2D eigenvalue weighted by molar-refractivity contribution is 5.97. The fourth-order valence-electron chi connectivity index (χ4n) is 5.35. The Morgan fingerprint density at radius 3 is 2.59 bits per heavy atom. The van der Waals surface area contributed by atoms with Gasteiger partial charge < -0.3 is 28.8 Å². The summed E-state index contributed by atoms with van der Waals surface area (Å²) >= 11 is 0. The minimum Gasteiger partial charge on any atom is -0.494 e. The number of esters is 1. The van der Waals surface area contributed by atoms with Crippen molar-refractivity contribution in [2.24, 2.45) is 13.0 Å². The quantitative estimate of drug-likeness (QED) is 0.304. The monoisotopic (exact) mass is 566 g/mol. The molecule has 0 radical (unpaired) electrons. The molecule has 1 saturated heterocycles. The predicted octanol–water partition coefficient (Wildman–Crippen LogP) is 4.91. The summed E-state index contributed by atoms with van der Waals surface area (Å²) in [5.41, 5.74) is 3.98. The molecule has 2 aliphatic rings. The predicted molar refractivity (Wildman–Crippen MR) is 148 cm³/mol. The van der Waals surface area contributed by atoms with Gasteiger partial charge in [-0.05, 0) is 62.9 Å². The molecule has 0 unspecified atom stereocenters. The van der Waals surface area contributed by atoms with Crippen LogP contribution in [0.5, 0.6) is 5.75 Å². The number of pyridine rings is 1. The number of amides is 2. The molecule has 1 aliphatic heterocycles. The number of likely N-dealkylation sites (tertiary alicyclic amines) is 1.